The highest BCUT2D eigenvalue weighted by molar-refractivity contribution is 5.78. The van der Waals surface area contributed by atoms with Gasteiger partial charge in [-0.2, -0.15) is 0 Å². The fourth-order valence-corrected chi connectivity index (χ4v) is 2.11. The SMILES string of the molecule is CC.CCC(CC(C)C)N1CCCC1=O. The zero-order valence-electron chi connectivity index (χ0n) is 11.0. The lowest BCUT2D eigenvalue weighted by Crippen LogP contribution is -2.36. The van der Waals surface area contributed by atoms with Gasteiger partial charge in [-0.1, -0.05) is 34.6 Å². The van der Waals surface area contributed by atoms with Crippen LogP contribution in [0.1, 0.15) is 60.3 Å². The lowest BCUT2D eigenvalue weighted by Gasteiger charge is -2.28. The van der Waals surface area contributed by atoms with Gasteiger partial charge in [0, 0.05) is 19.0 Å². The number of nitrogens with zero attached hydrogens (tertiary/aromatic N) is 1. The Morgan fingerprint density at radius 3 is 2.27 bits per heavy atom. The second-order valence-electron chi connectivity index (χ2n) is 4.38. The Morgan fingerprint density at radius 1 is 1.33 bits per heavy atom. The third-order valence-corrected chi connectivity index (χ3v) is 2.77. The number of amides is 1. The van der Waals surface area contributed by atoms with Crippen LogP contribution in [0.4, 0.5) is 0 Å². The van der Waals surface area contributed by atoms with Gasteiger partial charge in [0.15, 0.2) is 0 Å². The molecule has 1 atom stereocenters. The van der Waals surface area contributed by atoms with Crippen molar-refractivity contribution in [2.45, 2.75) is 66.3 Å². The molecule has 0 spiro atoms. The van der Waals surface area contributed by atoms with Crippen LogP contribution in [-0.4, -0.2) is 23.4 Å². The van der Waals surface area contributed by atoms with E-state index in [1.807, 2.05) is 13.8 Å². The highest BCUT2D eigenvalue weighted by Gasteiger charge is 2.26. The summed E-state index contributed by atoms with van der Waals surface area (Å²) in [6.07, 6.45) is 4.09. The summed E-state index contributed by atoms with van der Waals surface area (Å²) >= 11 is 0. The van der Waals surface area contributed by atoms with Gasteiger partial charge in [-0.15, -0.1) is 0 Å². The minimum atomic E-state index is 0.368. The average molecular weight is 213 g/mol. The summed E-state index contributed by atoms with van der Waals surface area (Å²) in [7, 11) is 0. The van der Waals surface area contributed by atoms with Crippen molar-refractivity contribution < 1.29 is 4.79 Å². The third-order valence-electron chi connectivity index (χ3n) is 2.77. The van der Waals surface area contributed by atoms with E-state index in [0.717, 1.165) is 32.2 Å². The Labute approximate surface area is 95.0 Å². The first kappa shape index (κ1) is 14.5. The van der Waals surface area contributed by atoms with Crippen LogP contribution < -0.4 is 0 Å². The van der Waals surface area contributed by atoms with Gasteiger partial charge < -0.3 is 4.90 Å². The van der Waals surface area contributed by atoms with Crippen LogP contribution in [0.25, 0.3) is 0 Å². The minimum Gasteiger partial charge on any atom is -0.340 e. The molecule has 2 nitrogen and oxygen atoms in total. The molecule has 0 radical (unpaired) electrons. The van der Waals surface area contributed by atoms with E-state index in [4.69, 9.17) is 0 Å². The van der Waals surface area contributed by atoms with Crippen LogP contribution in [0.3, 0.4) is 0 Å². The molecular weight excluding hydrogens is 186 g/mol. The van der Waals surface area contributed by atoms with Crippen LogP contribution >= 0.6 is 0 Å². The molecule has 0 aromatic rings. The first-order valence-corrected chi connectivity index (χ1v) is 6.44. The first-order valence-electron chi connectivity index (χ1n) is 6.44. The molecule has 0 aromatic heterocycles. The van der Waals surface area contributed by atoms with E-state index in [2.05, 4.69) is 25.7 Å². The van der Waals surface area contributed by atoms with Crippen LogP contribution in [0.2, 0.25) is 0 Å². The standard InChI is InChI=1S/C11H21NO.C2H6/c1-4-10(8-9(2)3)12-7-5-6-11(12)13;1-2/h9-10H,4-8H2,1-3H3;1-2H3. The molecule has 1 fully saturated rings. The molecule has 1 saturated heterocycles. The second-order valence-corrected chi connectivity index (χ2v) is 4.38. The molecule has 2 heteroatoms. The fourth-order valence-electron chi connectivity index (χ4n) is 2.11. The number of carbonyl (C=O) groups excluding carboxylic acids is 1. The van der Waals surface area contributed by atoms with Gasteiger partial charge in [0.1, 0.15) is 0 Å². The summed E-state index contributed by atoms with van der Waals surface area (Å²) in [5.41, 5.74) is 0. The third kappa shape index (κ3) is 4.67. The molecule has 0 aliphatic carbocycles. The second kappa shape index (κ2) is 7.72. The summed E-state index contributed by atoms with van der Waals surface area (Å²) in [6, 6.07) is 0.495. The number of likely N-dealkylation sites (tertiary alicyclic amines) is 1. The zero-order chi connectivity index (χ0) is 11.8. The lowest BCUT2D eigenvalue weighted by molar-refractivity contribution is -0.130. The molecule has 0 N–H and O–H groups in total. The van der Waals surface area contributed by atoms with Crippen molar-refractivity contribution in [3.8, 4) is 0 Å². The molecule has 1 heterocycles. The van der Waals surface area contributed by atoms with Crippen LogP contribution in [0, 0.1) is 5.92 Å². The average Bonchev–Trinajstić information content (AvgIpc) is 2.64. The van der Waals surface area contributed by atoms with E-state index in [1.54, 1.807) is 0 Å². The molecule has 15 heavy (non-hydrogen) atoms. The Kier molecular flexibility index (Phi) is 7.45. The monoisotopic (exact) mass is 213 g/mol. The quantitative estimate of drug-likeness (QED) is 0.700. The summed E-state index contributed by atoms with van der Waals surface area (Å²) in [6.45, 7) is 11.6. The molecule has 1 amide bonds. The molecule has 0 saturated carbocycles. The lowest BCUT2D eigenvalue weighted by atomic mass is 10.0. The van der Waals surface area contributed by atoms with E-state index in [-0.39, 0.29) is 0 Å². The van der Waals surface area contributed by atoms with E-state index < -0.39 is 0 Å². The van der Waals surface area contributed by atoms with Crippen LogP contribution in [-0.2, 0) is 4.79 Å². The van der Waals surface area contributed by atoms with Gasteiger partial charge in [-0.3, -0.25) is 4.79 Å². The molecule has 1 unspecified atom stereocenters. The molecular formula is C13H27NO. The number of rotatable bonds is 4. The maximum Gasteiger partial charge on any atom is 0.222 e. The minimum absolute atomic E-state index is 0.368. The van der Waals surface area contributed by atoms with E-state index in [0.29, 0.717) is 17.9 Å². The van der Waals surface area contributed by atoms with Crippen molar-refractivity contribution in [1.82, 2.24) is 4.90 Å². The van der Waals surface area contributed by atoms with Gasteiger partial charge in [0.2, 0.25) is 5.91 Å². The Morgan fingerprint density at radius 2 is 1.93 bits per heavy atom. The van der Waals surface area contributed by atoms with Gasteiger partial charge in [-0.05, 0) is 25.2 Å². The van der Waals surface area contributed by atoms with Gasteiger partial charge >= 0.3 is 0 Å². The van der Waals surface area contributed by atoms with Crippen molar-refractivity contribution in [3.63, 3.8) is 0 Å². The van der Waals surface area contributed by atoms with Gasteiger partial charge in [-0.25, -0.2) is 0 Å². The molecule has 90 valence electrons. The molecule has 1 aliphatic heterocycles. The Hall–Kier alpha value is -0.530. The van der Waals surface area contributed by atoms with Gasteiger partial charge in [0.05, 0.1) is 0 Å². The molecule has 1 rings (SSSR count). The highest BCUT2D eigenvalue weighted by atomic mass is 16.2. The predicted molar refractivity (Wildman–Crippen MR) is 65.8 cm³/mol. The maximum absolute atomic E-state index is 11.5. The van der Waals surface area contributed by atoms with E-state index >= 15 is 0 Å². The van der Waals surface area contributed by atoms with Crippen LogP contribution in [0.15, 0.2) is 0 Å². The van der Waals surface area contributed by atoms with E-state index in [9.17, 15) is 4.79 Å². The normalized spacial score (nSPS) is 17.7. The Balaban J connectivity index is 0.000000921. The summed E-state index contributed by atoms with van der Waals surface area (Å²) < 4.78 is 0. The molecule has 1 aliphatic rings. The zero-order valence-corrected chi connectivity index (χ0v) is 11.0. The fraction of sp³-hybridized carbons (Fsp3) is 0.923. The number of hydrogen-bond donors (Lipinski definition) is 0. The van der Waals surface area contributed by atoms with Crippen LogP contribution in [0.5, 0.6) is 0 Å². The predicted octanol–water partition coefficient (Wildman–Crippen LogP) is 3.46. The smallest absolute Gasteiger partial charge is 0.222 e. The maximum atomic E-state index is 11.5. The largest absolute Gasteiger partial charge is 0.340 e. The van der Waals surface area contributed by atoms with Gasteiger partial charge in [0.25, 0.3) is 0 Å². The van der Waals surface area contributed by atoms with E-state index in [1.165, 1.54) is 0 Å². The van der Waals surface area contributed by atoms with Crippen molar-refractivity contribution in [2.75, 3.05) is 6.54 Å². The number of carbonyl (C=O) groups is 1. The highest BCUT2D eigenvalue weighted by Crippen LogP contribution is 2.20. The topological polar surface area (TPSA) is 20.3 Å². The molecule has 0 aromatic carbocycles. The van der Waals surface area contributed by atoms with Crippen molar-refractivity contribution >= 4 is 5.91 Å². The Bertz CT molecular complexity index is 177. The first-order chi connectivity index (χ1) is 7.15. The van der Waals surface area contributed by atoms with Crippen molar-refractivity contribution in [1.29, 1.82) is 0 Å². The summed E-state index contributed by atoms with van der Waals surface area (Å²) in [5.74, 6) is 1.06. The van der Waals surface area contributed by atoms with Crippen molar-refractivity contribution in [2.24, 2.45) is 5.92 Å². The summed E-state index contributed by atoms with van der Waals surface area (Å²) in [4.78, 5) is 13.6. The molecule has 0 bridgehead atoms. The summed E-state index contributed by atoms with van der Waals surface area (Å²) in [5, 5.41) is 0. The number of hydrogen-bond acceptors (Lipinski definition) is 1. The van der Waals surface area contributed by atoms with Crippen molar-refractivity contribution in [3.05, 3.63) is 0 Å².